The summed E-state index contributed by atoms with van der Waals surface area (Å²) in [6.07, 6.45) is 1.48. The minimum absolute atomic E-state index is 0.236. The third-order valence-electron chi connectivity index (χ3n) is 0.994. The van der Waals surface area contributed by atoms with Crippen LogP contribution in [-0.2, 0) is 9.47 Å². The summed E-state index contributed by atoms with van der Waals surface area (Å²) in [6.45, 7) is 1.34. The normalized spacial score (nSPS) is 25.9. The van der Waals surface area contributed by atoms with Gasteiger partial charge in [-0.05, 0) is 0 Å². The van der Waals surface area contributed by atoms with Crippen LogP contribution in [0.25, 0.3) is 0 Å². The van der Waals surface area contributed by atoms with Gasteiger partial charge in [-0.25, -0.2) is 4.99 Å². The van der Waals surface area contributed by atoms with Crippen molar-refractivity contribution in [2.45, 2.75) is 6.04 Å². The van der Waals surface area contributed by atoms with Crippen LogP contribution < -0.4 is 0 Å². The first-order valence-corrected chi connectivity index (χ1v) is 2.55. The lowest BCUT2D eigenvalue weighted by molar-refractivity contribution is 0.165. The second-order valence-corrected chi connectivity index (χ2v) is 1.70. The van der Waals surface area contributed by atoms with Crippen LogP contribution in [-0.4, -0.2) is 32.8 Å². The molecule has 0 saturated carbocycles. The van der Waals surface area contributed by atoms with Gasteiger partial charge >= 0.3 is 0 Å². The maximum Gasteiger partial charge on any atom is 0.169 e. The van der Waals surface area contributed by atoms with Crippen LogP contribution in [0.15, 0.2) is 4.99 Å². The molecule has 0 radical (unpaired) electrons. The SMILES string of the molecule is COCC1COC=N1. The number of methoxy groups -OCH3 is 1. The minimum atomic E-state index is 0.236. The molecule has 0 saturated heterocycles. The van der Waals surface area contributed by atoms with E-state index in [1.165, 1.54) is 6.40 Å². The molecule has 0 aliphatic carbocycles. The Morgan fingerprint density at radius 1 is 2.00 bits per heavy atom. The third kappa shape index (κ3) is 1.20. The smallest absolute Gasteiger partial charge is 0.169 e. The average Bonchev–Trinajstić information content (AvgIpc) is 2.19. The highest BCUT2D eigenvalue weighted by Crippen LogP contribution is 1.97. The first kappa shape index (κ1) is 5.56. The van der Waals surface area contributed by atoms with Crippen molar-refractivity contribution in [2.24, 2.45) is 4.99 Å². The Morgan fingerprint density at radius 2 is 2.88 bits per heavy atom. The Kier molecular flexibility index (Phi) is 1.86. The lowest BCUT2D eigenvalue weighted by Crippen LogP contribution is -2.12. The summed E-state index contributed by atoms with van der Waals surface area (Å²) < 4.78 is 9.67. The highest BCUT2D eigenvalue weighted by molar-refractivity contribution is 5.48. The van der Waals surface area contributed by atoms with Gasteiger partial charge in [0.1, 0.15) is 12.6 Å². The minimum Gasteiger partial charge on any atom is -0.481 e. The number of hydrogen-bond donors (Lipinski definition) is 0. The molecule has 0 spiro atoms. The molecule has 0 aromatic heterocycles. The van der Waals surface area contributed by atoms with Crippen LogP contribution in [0.5, 0.6) is 0 Å². The molecular weight excluding hydrogens is 106 g/mol. The van der Waals surface area contributed by atoms with E-state index >= 15 is 0 Å². The number of ether oxygens (including phenoxy) is 2. The first-order chi connectivity index (χ1) is 3.93. The molecule has 0 aromatic rings. The van der Waals surface area contributed by atoms with Crippen LogP contribution in [0.3, 0.4) is 0 Å². The Labute approximate surface area is 48.3 Å². The highest BCUT2D eigenvalue weighted by Gasteiger charge is 2.09. The van der Waals surface area contributed by atoms with E-state index in [4.69, 9.17) is 9.47 Å². The Bertz CT molecular complexity index is 92.4. The maximum absolute atomic E-state index is 4.84. The fourth-order valence-electron chi connectivity index (χ4n) is 0.610. The van der Waals surface area contributed by atoms with Gasteiger partial charge in [0, 0.05) is 7.11 Å². The highest BCUT2D eigenvalue weighted by atomic mass is 16.5. The van der Waals surface area contributed by atoms with Crippen LogP contribution in [0, 0.1) is 0 Å². The molecule has 0 N–H and O–H groups in total. The Hall–Kier alpha value is -0.570. The van der Waals surface area contributed by atoms with E-state index in [0.717, 1.165) is 0 Å². The quantitative estimate of drug-likeness (QED) is 0.509. The first-order valence-electron chi connectivity index (χ1n) is 2.55. The molecule has 8 heavy (non-hydrogen) atoms. The van der Waals surface area contributed by atoms with Crippen molar-refractivity contribution in [3.8, 4) is 0 Å². The fraction of sp³-hybridized carbons (Fsp3) is 0.800. The van der Waals surface area contributed by atoms with Crippen molar-refractivity contribution < 1.29 is 9.47 Å². The van der Waals surface area contributed by atoms with Crippen LogP contribution >= 0.6 is 0 Å². The average molecular weight is 115 g/mol. The summed E-state index contributed by atoms with van der Waals surface area (Å²) in [5.41, 5.74) is 0. The van der Waals surface area contributed by atoms with E-state index in [9.17, 15) is 0 Å². The zero-order valence-electron chi connectivity index (χ0n) is 4.83. The van der Waals surface area contributed by atoms with Gasteiger partial charge in [0.2, 0.25) is 0 Å². The number of rotatable bonds is 2. The summed E-state index contributed by atoms with van der Waals surface area (Å²) in [7, 11) is 1.66. The van der Waals surface area contributed by atoms with Crippen molar-refractivity contribution in [3.63, 3.8) is 0 Å². The van der Waals surface area contributed by atoms with E-state index in [2.05, 4.69) is 4.99 Å². The molecule has 3 heteroatoms. The van der Waals surface area contributed by atoms with E-state index in [0.29, 0.717) is 13.2 Å². The lowest BCUT2D eigenvalue weighted by Gasteiger charge is -2.00. The van der Waals surface area contributed by atoms with E-state index in [1.54, 1.807) is 7.11 Å². The maximum atomic E-state index is 4.84. The van der Waals surface area contributed by atoms with Gasteiger partial charge in [0.05, 0.1) is 6.61 Å². The van der Waals surface area contributed by atoms with E-state index in [-0.39, 0.29) is 6.04 Å². The zero-order chi connectivity index (χ0) is 5.82. The van der Waals surface area contributed by atoms with Gasteiger partial charge in [-0.15, -0.1) is 0 Å². The van der Waals surface area contributed by atoms with Crippen molar-refractivity contribution in [1.82, 2.24) is 0 Å². The monoisotopic (exact) mass is 115 g/mol. The van der Waals surface area contributed by atoms with Crippen molar-refractivity contribution >= 4 is 6.40 Å². The molecule has 1 aliphatic rings. The summed E-state index contributed by atoms with van der Waals surface area (Å²) in [4.78, 5) is 3.95. The largest absolute Gasteiger partial charge is 0.481 e. The van der Waals surface area contributed by atoms with Crippen LogP contribution in [0.1, 0.15) is 0 Å². The summed E-state index contributed by atoms with van der Waals surface area (Å²) in [5, 5.41) is 0. The van der Waals surface area contributed by atoms with Crippen LogP contribution in [0.2, 0.25) is 0 Å². The molecule has 1 unspecified atom stereocenters. The molecular formula is C5H9NO2. The molecule has 0 aromatic carbocycles. The molecule has 1 atom stereocenters. The summed E-state index contributed by atoms with van der Waals surface area (Å²) in [5.74, 6) is 0. The van der Waals surface area contributed by atoms with Crippen LogP contribution in [0.4, 0.5) is 0 Å². The molecule has 3 nitrogen and oxygen atoms in total. The van der Waals surface area contributed by atoms with Gasteiger partial charge in [-0.1, -0.05) is 0 Å². The van der Waals surface area contributed by atoms with Crippen molar-refractivity contribution in [1.29, 1.82) is 0 Å². The van der Waals surface area contributed by atoms with Gasteiger partial charge in [0.25, 0.3) is 0 Å². The zero-order valence-corrected chi connectivity index (χ0v) is 4.83. The van der Waals surface area contributed by atoms with Gasteiger partial charge < -0.3 is 9.47 Å². The standard InChI is InChI=1S/C5H9NO2/c1-7-2-5-3-8-4-6-5/h4-5H,2-3H2,1H3. The molecule has 1 aliphatic heterocycles. The van der Waals surface area contributed by atoms with Gasteiger partial charge in [0.15, 0.2) is 6.40 Å². The van der Waals surface area contributed by atoms with E-state index < -0.39 is 0 Å². The lowest BCUT2D eigenvalue weighted by atomic mass is 10.4. The predicted octanol–water partition coefficient (Wildman–Crippen LogP) is 0.0599. The molecule has 0 fully saturated rings. The van der Waals surface area contributed by atoms with Crippen molar-refractivity contribution in [3.05, 3.63) is 0 Å². The number of nitrogens with zero attached hydrogens (tertiary/aromatic N) is 1. The van der Waals surface area contributed by atoms with Gasteiger partial charge in [-0.2, -0.15) is 0 Å². The number of hydrogen-bond acceptors (Lipinski definition) is 3. The topological polar surface area (TPSA) is 30.8 Å². The second kappa shape index (κ2) is 2.67. The fourth-order valence-corrected chi connectivity index (χ4v) is 0.610. The molecule has 0 bridgehead atoms. The predicted molar refractivity (Wildman–Crippen MR) is 30.1 cm³/mol. The molecule has 1 rings (SSSR count). The molecule has 0 amide bonds. The summed E-state index contributed by atoms with van der Waals surface area (Å²) >= 11 is 0. The molecule has 46 valence electrons. The Morgan fingerprint density at radius 3 is 3.38 bits per heavy atom. The second-order valence-electron chi connectivity index (χ2n) is 1.70. The number of aliphatic imine (C=N–C) groups is 1. The summed E-state index contributed by atoms with van der Waals surface area (Å²) in [6, 6.07) is 0.236. The van der Waals surface area contributed by atoms with E-state index in [1.807, 2.05) is 0 Å². The Balaban J connectivity index is 2.16. The third-order valence-corrected chi connectivity index (χ3v) is 0.994. The van der Waals surface area contributed by atoms with Gasteiger partial charge in [-0.3, -0.25) is 0 Å². The van der Waals surface area contributed by atoms with Crippen molar-refractivity contribution in [2.75, 3.05) is 20.3 Å². The molecule has 1 heterocycles.